The fourth-order valence-corrected chi connectivity index (χ4v) is 12.1. The Bertz CT molecular complexity index is 2320. The predicted octanol–water partition coefficient (Wildman–Crippen LogP) is 18.0. The number of imidazole rings is 1. The zero-order chi connectivity index (χ0) is 67.8. The van der Waals surface area contributed by atoms with Crippen LogP contribution in [-0.2, 0) is 65.5 Å². The Hall–Kier alpha value is -4.42. The lowest BCUT2D eigenvalue weighted by Crippen LogP contribution is -2.34. The average molecular weight is 1320 g/mol. The molecule has 3 rings (SSSR count). The number of anilines is 1. The molecule has 0 aliphatic carbocycles. The molecule has 0 bridgehead atoms. The monoisotopic (exact) mass is 1320 g/mol. The van der Waals surface area contributed by atoms with Crippen molar-refractivity contribution in [3.05, 3.63) is 30.1 Å². The second kappa shape index (κ2) is 56.6. The molecule has 0 aliphatic rings. The van der Waals surface area contributed by atoms with E-state index in [1.54, 1.807) is 0 Å². The molecule has 0 aliphatic heterocycles. The molecule has 0 spiro atoms. The molecular formula is C77H136N6O11. The first-order valence-corrected chi connectivity index (χ1v) is 38.3. The van der Waals surface area contributed by atoms with Gasteiger partial charge < -0.3 is 53.3 Å². The SMILES string of the molecule is CCCCCCCOC(=O)CCCCCCCCN(CCCCCCCCC(=O)OCCCCCCC)CCOCCOCCN(CCCCCCCCC(=O)OCCCCCCC)CCCCCC(=O)OC(C)(C)Cn1c(COCC)nc2c(N)nc3ccccc3c21. The summed E-state index contributed by atoms with van der Waals surface area (Å²) in [6.07, 6.45) is 41.7. The summed E-state index contributed by atoms with van der Waals surface area (Å²) in [5.74, 6) is 0.726. The van der Waals surface area contributed by atoms with Crippen molar-refractivity contribution in [2.45, 2.75) is 317 Å². The molecule has 1 aromatic carbocycles. The van der Waals surface area contributed by atoms with Crippen LogP contribution in [0.15, 0.2) is 24.3 Å². The molecule has 540 valence electrons. The maximum Gasteiger partial charge on any atom is 0.306 e. The van der Waals surface area contributed by atoms with E-state index in [1.165, 1.54) is 83.5 Å². The van der Waals surface area contributed by atoms with E-state index >= 15 is 0 Å². The number of pyridine rings is 1. The molecule has 2 heterocycles. The predicted molar refractivity (Wildman–Crippen MR) is 384 cm³/mol. The zero-order valence-corrected chi connectivity index (χ0v) is 60.7. The molecule has 0 atom stereocenters. The fraction of sp³-hybridized carbons (Fsp3) is 0.818. The van der Waals surface area contributed by atoms with Crippen LogP contribution in [0.5, 0.6) is 0 Å². The number of carbonyl (C=O) groups excluding carboxylic acids is 4. The minimum atomic E-state index is -0.823. The summed E-state index contributed by atoms with van der Waals surface area (Å²) in [4.78, 5) is 64.7. The standard InChI is InChI=1S/C77H136N6O11/c1-7-11-14-29-43-58-91-70(84)48-33-23-17-20-26-39-52-81(53-40-27-21-18-24-34-49-71(85)92-59-44-30-15-12-8-2)56-61-89-63-64-90-62-57-82(54-41-28-22-19-25-35-50-72(86)93-60-45-31-16-13-9-3)55-42-32-36-51-73(87)94-77(5,6)66-83-69(65-88-10-4)80-74-75(83)67-46-37-38-47-68(67)79-76(74)78/h37-38,46-47H,7-36,39-45,48-66H2,1-6H3,(H2,78,79). The van der Waals surface area contributed by atoms with Gasteiger partial charge in [0.1, 0.15) is 23.5 Å². The van der Waals surface area contributed by atoms with Crippen molar-refractivity contribution < 1.29 is 52.3 Å². The number of nitrogen functional groups attached to an aromatic ring is 1. The van der Waals surface area contributed by atoms with Crippen molar-refractivity contribution in [2.24, 2.45) is 0 Å². The molecule has 0 saturated carbocycles. The van der Waals surface area contributed by atoms with Gasteiger partial charge in [0.15, 0.2) is 5.82 Å². The van der Waals surface area contributed by atoms with Gasteiger partial charge in [0.2, 0.25) is 0 Å². The largest absolute Gasteiger partial charge is 0.466 e. The lowest BCUT2D eigenvalue weighted by molar-refractivity contribution is -0.158. The first-order chi connectivity index (χ1) is 45.9. The maximum atomic E-state index is 13.5. The molecule has 0 fully saturated rings. The van der Waals surface area contributed by atoms with Gasteiger partial charge in [-0.1, -0.05) is 199 Å². The van der Waals surface area contributed by atoms with E-state index in [1.807, 2.05) is 45.0 Å². The highest BCUT2D eigenvalue weighted by Crippen LogP contribution is 2.31. The second-order valence-electron chi connectivity index (χ2n) is 26.9. The Morgan fingerprint density at radius 3 is 1.22 bits per heavy atom. The quantitative estimate of drug-likeness (QED) is 0.0318. The number of unbranched alkanes of at least 4 members (excludes halogenated alkanes) is 29. The molecule has 0 saturated heterocycles. The molecule has 17 nitrogen and oxygen atoms in total. The minimum absolute atomic E-state index is 0.0420. The number of esters is 4. The van der Waals surface area contributed by atoms with Crippen molar-refractivity contribution in [3.8, 4) is 0 Å². The molecule has 17 heteroatoms. The molecule has 0 amide bonds. The minimum Gasteiger partial charge on any atom is -0.466 e. The first kappa shape index (κ1) is 83.8. The number of para-hydroxylation sites is 1. The Kier molecular flexibility index (Phi) is 50.4. The third-order valence-electron chi connectivity index (χ3n) is 17.7. The zero-order valence-electron chi connectivity index (χ0n) is 60.7. The van der Waals surface area contributed by atoms with Gasteiger partial charge in [0.25, 0.3) is 0 Å². The van der Waals surface area contributed by atoms with Crippen molar-refractivity contribution >= 4 is 51.6 Å². The summed E-state index contributed by atoms with van der Waals surface area (Å²) in [6.45, 7) is 23.6. The Morgan fingerprint density at radius 2 is 0.798 bits per heavy atom. The Labute approximate surface area is 570 Å². The van der Waals surface area contributed by atoms with E-state index in [0.717, 1.165) is 203 Å². The number of nitrogens with zero attached hydrogens (tertiary/aromatic N) is 5. The van der Waals surface area contributed by atoms with Crippen molar-refractivity contribution in [2.75, 3.05) is 97.9 Å². The van der Waals surface area contributed by atoms with Crippen LogP contribution in [0.25, 0.3) is 21.9 Å². The topological polar surface area (TPSA) is 196 Å². The van der Waals surface area contributed by atoms with Gasteiger partial charge in [0, 0.05) is 50.8 Å². The highest BCUT2D eigenvalue weighted by atomic mass is 16.6. The van der Waals surface area contributed by atoms with Crippen LogP contribution in [0.1, 0.15) is 304 Å². The number of ether oxygens (including phenoxy) is 7. The van der Waals surface area contributed by atoms with Gasteiger partial charge in [-0.2, -0.15) is 0 Å². The first-order valence-electron chi connectivity index (χ1n) is 38.3. The van der Waals surface area contributed by atoms with Gasteiger partial charge in [-0.25, -0.2) is 9.97 Å². The van der Waals surface area contributed by atoms with E-state index in [2.05, 4.69) is 40.1 Å². The van der Waals surface area contributed by atoms with Gasteiger partial charge in [-0.3, -0.25) is 19.2 Å². The summed E-state index contributed by atoms with van der Waals surface area (Å²) in [7, 11) is 0. The van der Waals surface area contributed by atoms with Gasteiger partial charge >= 0.3 is 23.9 Å². The number of aromatic nitrogens is 3. The van der Waals surface area contributed by atoms with E-state index in [4.69, 9.17) is 43.9 Å². The number of benzene rings is 1. The number of rotatable bonds is 66. The maximum absolute atomic E-state index is 13.5. The molecule has 0 unspecified atom stereocenters. The molecule has 3 aromatic rings. The molecule has 2 aromatic heterocycles. The molecule has 2 N–H and O–H groups in total. The van der Waals surface area contributed by atoms with E-state index in [-0.39, 0.29) is 23.9 Å². The van der Waals surface area contributed by atoms with Crippen LogP contribution in [0, 0.1) is 0 Å². The summed E-state index contributed by atoms with van der Waals surface area (Å²) < 4.78 is 42.9. The highest BCUT2D eigenvalue weighted by Gasteiger charge is 2.28. The number of hydrogen-bond acceptors (Lipinski definition) is 16. The molecule has 94 heavy (non-hydrogen) atoms. The lowest BCUT2D eigenvalue weighted by atomic mass is 10.1. The van der Waals surface area contributed by atoms with Gasteiger partial charge in [-0.05, 0) is 124 Å². The number of fused-ring (bicyclic) bond motifs is 3. The fourth-order valence-electron chi connectivity index (χ4n) is 12.1. The smallest absolute Gasteiger partial charge is 0.306 e. The molecule has 0 radical (unpaired) electrons. The van der Waals surface area contributed by atoms with Crippen LogP contribution in [0.4, 0.5) is 5.82 Å². The number of carbonyl (C=O) groups is 4. The third-order valence-corrected chi connectivity index (χ3v) is 17.7. The number of hydrogen-bond donors (Lipinski definition) is 1. The normalized spacial score (nSPS) is 11.9. The van der Waals surface area contributed by atoms with Crippen molar-refractivity contribution in [1.82, 2.24) is 24.3 Å². The summed E-state index contributed by atoms with van der Waals surface area (Å²) in [5, 5.41) is 0.935. The van der Waals surface area contributed by atoms with Crippen LogP contribution in [0.3, 0.4) is 0 Å². The van der Waals surface area contributed by atoms with Crippen molar-refractivity contribution in [1.29, 1.82) is 0 Å². The summed E-state index contributed by atoms with van der Waals surface area (Å²) >= 11 is 0. The summed E-state index contributed by atoms with van der Waals surface area (Å²) in [6, 6.07) is 7.90. The van der Waals surface area contributed by atoms with Gasteiger partial charge in [-0.15, -0.1) is 0 Å². The average Bonchev–Trinajstić information content (AvgIpc) is 1.57. The second-order valence-corrected chi connectivity index (χ2v) is 26.9. The summed E-state index contributed by atoms with van der Waals surface area (Å²) in [5.41, 5.74) is 7.89. The molecular weight excluding hydrogens is 1180 g/mol. The Balaban J connectivity index is 1.44. The highest BCUT2D eigenvalue weighted by molar-refractivity contribution is 6.06. The van der Waals surface area contributed by atoms with Crippen LogP contribution < -0.4 is 5.73 Å². The number of nitrogens with two attached hydrogens (primary N) is 1. The Morgan fingerprint density at radius 1 is 0.426 bits per heavy atom. The van der Waals surface area contributed by atoms with E-state index in [0.29, 0.717) is 109 Å². The van der Waals surface area contributed by atoms with Crippen LogP contribution in [-0.4, -0.2) is 146 Å². The van der Waals surface area contributed by atoms with E-state index in [9.17, 15) is 19.2 Å². The van der Waals surface area contributed by atoms with Crippen molar-refractivity contribution in [3.63, 3.8) is 0 Å². The lowest BCUT2D eigenvalue weighted by Gasteiger charge is -2.27. The van der Waals surface area contributed by atoms with Crippen LogP contribution in [0.2, 0.25) is 0 Å². The van der Waals surface area contributed by atoms with Gasteiger partial charge in [0.05, 0.1) is 63.8 Å². The van der Waals surface area contributed by atoms with Crippen LogP contribution >= 0.6 is 0 Å². The van der Waals surface area contributed by atoms with E-state index < -0.39 is 5.60 Å². The third kappa shape index (κ3) is 42.3.